The molecule has 3 aromatic carbocycles. The zero-order valence-corrected chi connectivity index (χ0v) is 21.4. The summed E-state index contributed by atoms with van der Waals surface area (Å²) in [5.41, 5.74) is 4.58. The fourth-order valence-corrected chi connectivity index (χ4v) is 4.96. The number of carbonyl (C=O) groups excluding carboxylic acids is 1. The number of aryl methyl sites for hydroxylation is 1. The van der Waals surface area contributed by atoms with Gasteiger partial charge < -0.3 is 0 Å². The highest BCUT2D eigenvalue weighted by molar-refractivity contribution is 9.10. The van der Waals surface area contributed by atoms with Crippen LogP contribution < -0.4 is 5.43 Å². The number of sulfonamides is 1. The fourth-order valence-electron chi connectivity index (χ4n) is 2.85. The van der Waals surface area contributed by atoms with Crippen molar-refractivity contribution in [1.82, 2.24) is 9.73 Å². The van der Waals surface area contributed by atoms with Crippen molar-refractivity contribution in [3.05, 3.63) is 97.9 Å². The van der Waals surface area contributed by atoms with Gasteiger partial charge in [-0.05, 0) is 48.9 Å². The number of hydrogen-bond acceptors (Lipinski definition) is 4. The highest BCUT2D eigenvalue weighted by atomic mass is 79.9. The van der Waals surface area contributed by atoms with Crippen LogP contribution in [-0.4, -0.2) is 31.4 Å². The van der Waals surface area contributed by atoms with Gasteiger partial charge in [0.25, 0.3) is 5.91 Å². The van der Waals surface area contributed by atoms with Crippen molar-refractivity contribution in [2.75, 3.05) is 6.54 Å². The predicted molar refractivity (Wildman–Crippen MR) is 135 cm³/mol. The fraction of sp³-hybridized carbons (Fsp3) is 0.130. The standard InChI is InChI=1S/C23H20BrCl2N3O3S/c1-16-2-10-21(11-3-16)33(31,32)29(14-17-4-7-19(24)8-5-17)15-23(30)28-27-13-18-6-9-20(25)12-22(18)26/h2-13H,14-15H2,1H3,(H,28,30)/b27-13-. The molecule has 33 heavy (non-hydrogen) atoms. The first kappa shape index (κ1) is 25.4. The number of benzene rings is 3. The summed E-state index contributed by atoms with van der Waals surface area (Å²) in [4.78, 5) is 12.7. The Morgan fingerprint density at radius 3 is 2.36 bits per heavy atom. The van der Waals surface area contributed by atoms with E-state index in [1.807, 2.05) is 19.1 Å². The van der Waals surface area contributed by atoms with Gasteiger partial charge in [-0.15, -0.1) is 0 Å². The van der Waals surface area contributed by atoms with Gasteiger partial charge in [0.1, 0.15) is 0 Å². The van der Waals surface area contributed by atoms with E-state index in [2.05, 4.69) is 26.5 Å². The third kappa shape index (κ3) is 7.12. The van der Waals surface area contributed by atoms with E-state index < -0.39 is 22.5 Å². The van der Waals surface area contributed by atoms with E-state index in [0.717, 1.165) is 19.9 Å². The van der Waals surface area contributed by atoms with E-state index in [1.165, 1.54) is 18.3 Å². The predicted octanol–water partition coefficient (Wildman–Crippen LogP) is 5.41. The first-order valence-corrected chi connectivity index (χ1v) is 12.7. The maximum Gasteiger partial charge on any atom is 0.255 e. The minimum Gasteiger partial charge on any atom is -0.272 e. The number of amides is 1. The smallest absolute Gasteiger partial charge is 0.255 e. The van der Waals surface area contributed by atoms with Crippen molar-refractivity contribution >= 4 is 61.3 Å². The van der Waals surface area contributed by atoms with E-state index in [4.69, 9.17) is 23.2 Å². The number of rotatable bonds is 8. The lowest BCUT2D eigenvalue weighted by atomic mass is 10.2. The molecule has 0 aliphatic rings. The largest absolute Gasteiger partial charge is 0.272 e. The number of carbonyl (C=O) groups is 1. The SMILES string of the molecule is Cc1ccc(S(=O)(=O)N(CC(=O)N/N=C\c2ccc(Cl)cc2Cl)Cc2ccc(Br)cc2)cc1. The molecule has 172 valence electrons. The summed E-state index contributed by atoms with van der Waals surface area (Å²) >= 11 is 15.3. The summed E-state index contributed by atoms with van der Waals surface area (Å²) in [5, 5.41) is 4.74. The van der Waals surface area contributed by atoms with Crippen LogP contribution in [0, 0.1) is 6.92 Å². The lowest BCUT2D eigenvalue weighted by molar-refractivity contribution is -0.121. The van der Waals surface area contributed by atoms with Gasteiger partial charge in [0.2, 0.25) is 10.0 Å². The summed E-state index contributed by atoms with van der Waals surface area (Å²) in [5.74, 6) is -0.593. The minimum absolute atomic E-state index is 0.0175. The molecule has 0 aromatic heterocycles. The average molecular weight is 569 g/mol. The molecule has 10 heteroatoms. The third-order valence-electron chi connectivity index (χ3n) is 4.61. The molecule has 0 radical (unpaired) electrons. The number of nitrogens with zero attached hydrogens (tertiary/aromatic N) is 2. The molecular weight excluding hydrogens is 549 g/mol. The number of hydrazone groups is 1. The van der Waals surface area contributed by atoms with Gasteiger partial charge in [0.15, 0.2) is 0 Å². The van der Waals surface area contributed by atoms with Gasteiger partial charge in [0, 0.05) is 21.6 Å². The molecule has 0 bridgehead atoms. The molecule has 0 saturated carbocycles. The summed E-state index contributed by atoms with van der Waals surface area (Å²) in [6.45, 7) is 1.47. The average Bonchev–Trinajstić information content (AvgIpc) is 2.76. The molecule has 3 aromatic rings. The lowest BCUT2D eigenvalue weighted by Crippen LogP contribution is -2.39. The quantitative estimate of drug-likeness (QED) is 0.292. The number of halogens is 3. The molecule has 0 saturated heterocycles. The van der Waals surface area contributed by atoms with Gasteiger partial charge in [0.05, 0.1) is 22.7 Å². The van der Waals surface area contributed by atoms with Crippen LogP contribution in [0.4, 0.5) is 0 Å². The van der Waals surface area contributed by atoms with Crippen molar-refractivity contribution < 1.29 is 13.2 Å². The zero-order valence-electron chi connectivity index (χ0n) is 17.5. The Morgan fingerprint density at radius 1 is 1.06 bits per heavy atom. The molecule has 0 atom stereocenters. The molecule has 6 nitrogen and oxygen atoms in total. The second-order valence-electron chi connectivity index (χ2n) is 7.17. The van der Waals surface area contributed by atoms with Gasteiger partial charge >= 0.3 is 0 Å². The van der Waals surface area contributed by atoms with E-state index in [-0.39, 0.29) is 11.4 Å². The minimum atomic E-state index is -3.94. The van der Waals surface area contributed by atoms with E-state index in [0.29, 0.717) is 15.6 Å². The van der Waals surface area contributed by atoms with E-state index in [1.54, 1.807) is 42.5 Å². The maximum absolute atomic E-state index is 13.3. The molecular formula is C23H20BrCl2N3O3S. The second kappa shape index (κ2) is 11.3. The van der Waals surface area contributed by atoms with Crippen molar-refractivity contribution in [1.29, 1.82) is 0 Å². The molecule has 1 amide bonds. The Balaban J connectivity index is 1.79. The van der Waals surface area contributed by atoms with Crippen LogP contribution in [0.5, 0.6) is 0 Å². The summed E-state index contributed by atoms with van der Waals surface area (Å²) < 4.78 is 28.6. The van der Waals surface area contributed by atoms with Crippen LogP contribution in [0.25, 0.3) is 0 Å². The second-order valence-corrected chi connectivity index (χ2v) is 10.9. The van der Waals surface area contributed by atoms with Crippen LogP contribution in [-0.2, 0) is 21.4 Å². The molecule has 0 heterocycles. The molecule has 1 N–H and O–H groups in total. The Bertz CT molecular complexity index is 1270. The first-order valence-electron chi connectivity index (χ1n) is 9.73. The van der Waals surface area contributed by atoms with Crippen molar-refractivity contribution in [3.8, 4) is 0 Å². The summed E-state index contributed by atoms with van der Waals surface area (Å²) in [7, 11) is -3.94. The highest BCUT2D eigenvalue weighted by Gasteiger charge is 2.27. The Kier molecular flexibility index (Phi) is 8.67. The van der Waals surface area contributed by atoms with Crippen LogP contribution in [0.2, 0.25) is 10.0 Å². The summed E-state index contributed by atoms with van der Waals surface area (Å²) in [6, 6.07) is 18.5. The Labute approximate surface area is 211 Å². The zero-order chi connectivity index (χ0) is 24.0. The van der Waals surface area contributed by atoms with Crippen LogP contribution >= 0.6 is 39.1 Å². The van der Waals surface area contributed by atoms with E-state index >= 15 is 0 Å². The first-order chi connectivity index (χ1) is 15.6. The Hall–Kier alpha value is -2.23. The normalized spacial score (nSPS) is 11.8. The van der Waals surface area contributed by atoms with Crippen molar-refractivity contribution in [2.45, 2.75) is 18.4 Å². The molecule has 0 unspecified atom stereocenters. The molecule has 0 aliphatic heterocycles. The maximum atomic E-state index is 13.3. The van der Waals surface area contributed by atoms with E-state index in [9.17, 15) is 13.2 Å². The monoisotopic (exact) mass is 567 g/mol. The number of hydrogen-bond donors (Lipinski definition) is 1. The van der Waals surface area contributed by atoms with Gasteiger partial charge in [-0.2, -0.15) is 9.41 Å². The van der Waals surface area contributed by atoms with Crippen LogP contribution in [0.15, 0.2) is 81.2 Å². The Morgan fingerprint density at radius 2 is 1.73 bits per heavy atom. The van der Waals surface area contributed by atoms with Crippen LogP contribution in [0.3, 0.4) is 0 Å². The molecule has 3 rings (SSSR count). The van der Waals surface area contributed by atoms with Crippen molar-refractivity contribution in [3.63, 3.8) is 0 Å². The third-order valence-corrected chi connectivity index (χ3v) is 7.50. The topological polar surface area (TPSA) is 78.8 Å². The van der Waals surface area contributed by atoms with Gasteiger partial charge in [-0.25, -0.2) is 13.8 Å². The molecule has 0 aliphatic carbocycles. The summed E-state index contributed by atoms with van der Waals surface area (Å²) in [6.07, 6.45) is 1.37. The van der Waals surface area contributed by atoms with Gasteiger partial charge in [-0.3, -0.25) is 4.79 Å². The van der Waals surface area contributed by atoms with Crippen LogP contribution in [0.1, 0.15) is 16.7 Å². The lowest BCUT2D eigenvalue weighted by Gasteiger charge is -2.21. The highest BCUT2D eigenvalue weighted by Crippen LogP contribution is 2.21. The number of nitrogens with one attached hydrogen (secondary N) is 1. The molecule has 0 spiro atoms. The molecule has 0 fully saturated rings. The van der Waals surface area contributed by atoms with Gasteiger partial charge in [-0.1, -0.05) is 75.0 Å². The van der Waals surface area contributed by atoms with Crippen molar-refractivity contribution in [2.24, 2.45) is 5.10 Å².